The molecule has 0 N–H and O–H groups in total. The molecule has 32 heavy (non-hydrogen) atoms. The van der Waals surface area contributed by atoms with E-state index in [0.717, 1.165) is 48.0 Å². The summed E-state index contributed by atoms with van der Waals surface area (Å²) < 4.78 is 0. The van der Waals surface area contributed by atoms with E-state index in [0.29, 0.717) is 11.2 Å². The van der Waals surface area contributed by atoms with Crippen molar-refractivity contribution in [1.82, 2.24) is 15.0 Å². The molecule has 0 radical (unpaired) electrons. The summed E-state index contributed by atoms with van der Waals surface area (Å²) in [6, 6.07) is 15.0. The molecule has 1 aliphatic heterocycles. The lowest BCUT2D eigenvalue weighted by atomic mass is 9.97. The first kappa shape index (κ1) is 21.2. The largest absolute Gasteiger partial charge is 0.353 e. The van der Waals surface area contributed by atoms with Gasteiger partial charge < -0.3 is 9.80 Å². The second-order valence-corrected chi connectivity index (χ2v) is 10.0. The molecule has 7 heteroatoms. The van der Waals surface area contributed by atoms with Crippen molar-refractivity contribution in [1.29, 1.82) is 0 Å². The molecule has 4 heterocycles. The molecule has 4 aromatic rings. The molecule has 0 spiro atoms. The first-order valence-corrected chi connectivity index (χ1v) is 12.2. The number of halogens is 1. The van der Waals surface area contributed by atoms with Crippen molar-refractivity contribution in [3.05, 3.63) is 64.4 Å². The standard InChI is InChI=1S/C25H26ClN5S/c1-16(2)18-7-9-19(10-8-18)21-17(3)32-24-22(21)23(28-25(26)29-24)31-14-12-30(13-15-31)20-6-4-5-11-27-20/h4-11,16H,12-15H2,1-3H3. The molecular weight excluding hydrogens is 438 g/mol. The summed E-state index contributed by atoms with van der Waals surface area (Å²) in [7, 11) is 0. The van der Waals surface area contributed by atoms with E-state index in [9.17, 15) is 0 Å². The maximum Gasteiger partial charge on any atom is 0.225 e. The number of rotatable bonds is 4. The Kier molecular flexibility index (Phi) is 5.74. The van der Waals surface area contributed by atoms with E-state index >= 15 is 0 Å². The van der Waals surface area contributed by atoms with Gasteiger partial charge in [-0.3, -0.25) is 0 Å². The zero-order valence-corrected chi connectivity index (χ0v) is 20.1. The molecule has 0 bridgehead atoms. The third-order valence-corrected chi connectivity index (χ3v) is 7.27. The van der Waals surface area contributed by atoms with Crippen molar-refractivity contribution in [2.75, 3.05) is 36.0 Å². The Morgan fingerprint density at radius 1 is 0.938 bits per heavy atom. The minimum atomic E-state index is 0.308. The Balaban J connectivity index is 1.52. The van der Waals surface area contributed by atoms with Crippen LogP contribution in [0, 0.1) is 6.92 Å². The lowest BCUT2D eigenvalue weighted by Gasteiger charge is -2.36. The topological polar surface area (TPSA) is 45.2 Å². The van der Waals surface area contributed by atoms with Gasteiger partial charge in [0.15, 0.2) is 0 Å². The number of fused-ring (bicyclic) bond motifs is 1. The quantitative estimate of drug-likeness (QED) is 0.339. The molecule has 5 rings (SSSR count). The number of aryl methyl sites for hydroxylation is 1. The van der Waals surface area contributed by atoms with Crippen LogP contribution in [0.1, 0.15) is 30.2 Å². The van der Waals surface area contributed by atoms with E-state index < -0.39 is 0 Å². The Hall–Kier alpha value is -2.70. The average molecular weight is 464 g/mol. The van der Waals surface area contributed by atoms with Crippen molar-refractivity contribution < 1.29 is 0 Å². The predicted octanol–water partition coefficient (Wildman–Crippen LogP) is 6.17. The summed E-state index contributed by atoms with van der Waals surface area (Å²) in [6.07, 6.45) is 1.85. The van der Waals surface area contributed by atoms with Crippen LogP contribution < -0.4 is 9.80 Å². The second kappa shape index (κ2) is 8.68. The summed E-state index contributed by atoms with van der Waals surface area (Å²) >= 11 is 8.06. The smallest absolute Gasteiger partial charge is 0.225 e. The van der Waals surface area contributed by atoms with Crippen LogP contribution in [-0.2, 0) is 0 Å². The van der Waals surface area contributed by atoms with E-state index in [-0.39, 0.29) is 0 Å². The summed E-state index contributed by atoms with van der Waals surface area (Å²) in [5.74, 6) is 2.47. The summed E-state index contributed by atoms with van der Waals surface area (Å²) in [6.45, 7) is 10.1. The third kappa shape index (κ3) is 3.93. The molecule has 1 fully saturated rings. The molecule has 3 aromatic heterocycles. The number of piperazine rings is 1. The number of benzene rings is 1. The van der Waals surface area contributed by atoms with Gasteiger partial charge in [-0.1, -0.05) is 44.2 Å². The van der Waals surface area contributed by atoms with E-state index in [1.807, 2.05) is 18.3 Å². The maximum atomic E-state index is 6.37. The minimum absolute atomic E-state index is 0.308. The highest BCUT2D eigenvalue weighted by Crippen LogP contribution is 2.42. The van der Waals surface area contributed by atoms with Gasteiger partial charge in [0.25, 0.3) is 0 Å². The zero-order valence-electron chi connectivity index (χ0n) is 18.5. The molecule has 0 unspecified atom stereocenters. The molecule has 0 amide bonds. The third-order valence-electron chi connectivity index (χ3n) is 6.10. The van der Waals surface area contributed by atoms with Crippen LogP contribution in [0.25, 0.3) is 21.3 Å². The van der Waals surface area contributed by atoms with Gasteiger partial charge in [0.2, 0.25) is 5.28 Å². The van der Waals surface area contributed by atoms with Crippen LogP contribution in [0.2, 0.25) is 5.28 Å². The normalized spacial score (nSPS) is 14.5. The number of thiophene rings is 1. The second-order valence-electron chi connectivity index (χ2n) is 8.47. The number of anilines is 2. The molecule has 5 nitrogen and oxygen atoms in total. The predicted molar refractivity (Wildman–Crippen MR) is 135 cm³/mol. The fraction of sp³-hybridized carbons (Fsp3) is 0.320. The lowest BCUT2D eigenvalue weighted by Crippen LogP contribution is -2.47. The Bertz CT molecular complexity index is 1230. The average Bonchev–Trinajstić information content (AvgIpc) is 3.14. The van der Waals surface area contributed by atoms with E-state index in [1.54, 1.807) is 11.3 Å². The highest BCUT2D eigenvalue weighted by Gasteiger charge is 2.25. The molecule has 164 valence electrons. The van der Waals surface area contributed by atoms with Crippen molar-refractivity contribution >= 4 is 44.8 Å². The number of aromatic nitrogens is 3. The zero-order chi connectivity index (χ0) is 22.2. The lowest BCUT2D eigenvalue weighted by molar-refractivity contribution is 0.643. The maximum absolute atomic E-state index is 6.37. The highest BCUT2D eigenvalue weighted by atomic mass is 35.5. The van der Waals surface area contributed by atoms with Crippen molar-refractivity contribution in [2.24, 2.45) is 0 Å². The van der Waals surface area contributed by atoms with Gasteiger partial charge in [-0.15, -0.1) is 11.3 Å². The molecule has 0 aliphatic carbocycles. The van der Waals surface area contributed by atoms with Crippen LogP contribution in [0.15, 0.2) is 48.7 Å². The fourth-order valence-corrected chi connectivity index (χ4v) is 5.62. The van der Waals surface area contributed by atoms with Crippen molar-refractivity contribution in [2.45, 2.75) is 26.7 Å². The van der Waals surface area contributed by atoms with Crippen molar-refractivity contribution in [3.63, 3.8) is 0 Å². The fourth-order valence-electron chi connectivity index (χ4n) is 4.37. The summed E-state index contributed by atoms with van der Waals surface area (Å²) in [4.78, 5) is 20.6. The number of nitrogens with zero attached hydrogens (tertiary/aromatic N) is 5. The van der Waals surface area contributed by atoms with Gasteiger partial charge in [0.1, 0.15) is 16.5 Å². The molecule has 1 saturated heterocycles. The van der Waals surface area contributed by atoms with E-state index in [4.69, 9.17) is 16.6 Å². The van der Waals surface area contributed by atoms with Crippen LogP contribution in [0.5, 0.6) is 0 Å². The molecular formula is C25H26ClN5S. The first-order valence-electron chi connectivity index (χ1n) is 11.0. The van der Waals surface area contributed by atoms with Gasteiger partial charge in [0, 0.05) is 42.8 Å². The SMILES string of the molecule is Cc1sc2nc(Cl)nc(N3CCN(c4ccccn4)CC3)c2c1-c1ccc(C(C)C)cc1. The van der Waals surface area contributed by atoms with Gasteiger partial charge in [-0.05, 0) is 47.7 Å². The summed E-state index contributed by atoms with van der Waals surface area (Å²) in [5.41, 5.74) is 3.77. The Morgan fingerprint density at radius 2 is 1.66 bits per heavy atom. The molecule has 0 saturated carbocycles. The van der Waals surface area contributed by atoms with E-state index in [2.05, 4.69) is 70.9 Å². The monoisotopic (exact) mass is 463 g/mol. The van der Waals surface area contributed by atoms with Crippen LogP contribution in [-0.4, -0.2) is 41.1 Å². The van der Waals surface area contributed by atoms with Gasteiger partial charge >= 0.3 is 0 Å². The van der Waals surface area contributed by atoms with Crippen LogP contribution in [0.3, 0.4) is 0 Å². The molecule has 1 aromatic carbocycles. The highest BCUT2D eigenvalue weighted by molar-refractivity contribution is 7.19. The first-order chi connectivity index (χ1) is 15.5. The number of hydrogen-bond acceptors (Lipinski definition) is 6. The number of pyridine rings is 1. The number of hydrogen-bond donors (Lipinski definition) is 0. The van der Waals surface area contributed by atoms with Gasteiger partial charge in [-0.2, -0.15) is 4.98 Å². The molecule has 1 aliphatic rings. The Labute approximate surface area is 197 Å². The van der Waals surface area contributed by atoms with E-state index in [1.165, 1.54) is 21.6 Å². The van der Waals surface area contributed by atoms with Gasteiger partial charge in [0.05, 0.1) is 5.39 Å². The van der Waals surface area contributed by atoms with Gasteiger partial charge in [-0.25, -0.2) is 9.97 Å². The molecule has 0 atom stereocenters. The minimum Gasteiger partial charge on any atom is -0.353 e. The van der Waals surface area contributed by atoms with Crippen LogP contribution in [0.4, 0.5) is 11.6 Å². The Morgan fingerprint density at radius 3 is 2.31 bits per heavy atom. The van der Waals surface area contributed by atoms with Crippen LogP contribution >= 0.6 is 22.9 Å². The summed E-state index contributed by atoms with van der Waals surface area (Å²) in [5, 5.41) is 1.42. The van der Waals surface area contributed by atoms with Crippen molar-refractivity contribution in [3.8, 4) is 11.1 Å².